The highest BCUT2D eigenvalue weighted by atomic mass is 32.2. The van der Waals surface area contributed by atoms with E-state index in [4.69, 9.17) is 5.26 Å². The fourth-order valence-electron chi connectivity index (χ4n) is 1.10. The lowest BCUT2D eigenvalue weighted by Crippen LogP contribution is -2.45. The largest absolute Gasteiger partial charge is 0.432 e. The van der Waals surface area contributed by atoms with Gasteiger partial charge >= 0.3 is 6.18 Å². The highest BCUT2D eigenvalue weighted by Gasteiger charge is 2.56. The maximum absolute atomic E-state index is 12.6. The minimum atomic E-state index is -5.13. The zero-order valence-corrected chi connectivity index (χ0v) is 10.8. The molecule has 1 rings (SSSR count). The Morgan fingerprint density at radius 3 is 2.05 bits per heavy atom. The first kappa shape index (κ1) is 15.5. The monoisotopic (exact) mass is 293 g/mol. The van der Waals surface area contributed by atoms with Crippen LogP contribution in [-0.2, 0) is 14.3 Å². The van der Waals surface area contributed by atoms with Crippen molar-refractivity contribution in [3.8, 4) is 6.07 Å². The molecule has 0 amide bonds. The Morgan fingerprint density at radius 1 is 1.21 bits per heavy atom. The van der Waals surface area contributed by atoms with Crippen LogP contribution < -0.4 is 0 Å². The van der Waals surface area contributed by atoms with Crippen molar-refractivity contribution in [3.05, 3.63) is 29.8 Å². The Labute approximate surface area is 108 Å². The molecule has 0 radical (unpaired) electrons. The summed E-state index contributed by atoms with van der Waals surface area (Å²) in [6, 6.07) is 5.87. The zero-order chi connectivity index (χ0) is 14.9. The molecule has 1 aromatic carbocycles. The van der Waals surface area contributed by atoms with Gasteiger partial charge in [0.15, 0.2) is 0 Å². The maximum atomic E-state index is 12.6. The third-order valence-electron chi connectivity index (χ3n) is 2.34. The first-order valence-electron chi connectivity index (χ1n) is 5.02. The number of aryl methyl sites for hydroxylation is 1. The molecule has 1 unspecified atom stereocenters. The van der Waals surface area contributed by atoms with E-state index in [0.29, 0.717) is 6.92 Å². The van der Waals surface area contributed by atoms with Crippen molar-refractivity contribution in [3.63, 3.8) is 0 Å². The quantitative estimate of drug-likeness (QED) is 0.803. The van der Waals surface area contributed by atoms with E-state index >= 15 is 0 Å². The summed E-state index contributed by atoms with van der Waals surface area (Å²) in [6.45, 7) is 2.05. The molecule has 0 N–H and O–H groups in total. The second kappa shape index (κ2) is 4.83. The summed E-state index contributed by atoms with van der Waals surface area (Å²) in [5.41, 5.74) is -2.69. The molecule has 1 atom stereocenters. The van der Waals surface area contributed by atoms with Gasteiger partial charge in [-0.15, -0.1) is 0 Å². The van der Waals surface area contributed by atoms with Crippen molar-refractivity contribution in [1.82, 2.24) is 0 Å². The summed E-state index contributed by atoms with van der Waals surface area (Å²) in [4.78, 5) is -0.441. The number of hydrogen-bond donors (Lipinski definition) is 0. The molecular formula is C11H10F3NO3S. The van der Waals surface area contributed by atoms with Crippen LogP contribution in [0.25, 0.3) is 0 Å². The molecule has 104 valence electrons. The summed E-state index contributed by atoms with van der Waals surface area (Å²) >= 11 is 0. The number of nitriles is 1. The van der Waals surface area contributed by atoms with Gasteiger partial charge in [-0.3, -0.25) is 0 Å². The van der Waals surface area contributed by atoms with Crippen molar-refractivity contribution >= 4 is 10.1 Å². The van der Waals surface area contributed by atoms with Crippen molar-refractivity contribution in [1.29, 1.82) is 5.26 Å². The molecule has 0 spiro atoms. The fraction of sp³-hybridized carbons (Fsp3) is 0.364. The van der Waals surface area contributed by atoms with Crippen molar-refractivity contribution in [2.24, 2.45) is 0 Å². The lowest BCUT2D eigenvalue weighted by molar-refractivity contribution is -0.217. The molecule has 0 bridgehead atoms. The standard InChI is InChI=1S/C11H10F3NO3S/c1-8-3-5-9(6-4-8)19(16,17)18-10(2,7-15)11(12,13)14/h3-6H,1-2H3. The SMILES string of the molecule is Cc1ccc(S(=O)(=O)OC(C)(C#N)C(F)(F)F)cc1. The Morgan fingerprint density at radius 2 is 1.68 bits per heavy atom. The average Bonchev–Trinajstić information content (AvgIpc) is 2.27. The number of halogens is 3. The Hall–Kier alpha value is -1.59. The molecule has 8 heteroatoms. The average molecular weight is 293 g/mol. The summed E-state index contributed by atoms with van der Waals surface area (Å²) in [5, 5.41) is 8.52. The Bertz CT molecular complexity index is 602. The molecular weight excluding hydrogens is 283 g/mol. The molecule has 0 saturated carbocycles. The van der Waals surface area contributed by atoms with E-state index in [9.17, 15) is 21.6 Å². The van der Waals surface area contributed by atoms with E-state index in [-0.39, 0.29) is 0 Å². The lowest BCUT2D eigenvalue weighted by atomic mass is 10.1. The zero-order valence-electron chi connectivity index (χ0n) is 10.0. The van der Waals surface area contributed by atoms with E-state index < -0.39 is 26.8 Å². The predicted molar refractivity (Wildman–Crippen MR) is 59.5 cm³/mol. The van der Waals surface area contributed by atoms with Crippen LogP contribution in [0.5, 0.6) is 0 Å². The van der Waals surface area contributed by atoms with Gasteiger partial charge in [0.1, 0.15) is 6.07 Å². The third-order valence-corrected chi connectivity index (χ3v) is 3.74. The van der Waals surface area contributed by atoms with Gasteiger partial charge in [0.05, 0.1) is 4.90 Å². The van der Waals surface area contributed by atoms with E-state index in [1.807, 2.05) is 0 Å². The van der Waals surface area contributed by atoms with Crippen molar-refractivity contribution in [2.45, 2.75) is 30.5 Å². The molecule has 0 aliphatic rings. The van der Waals surface area contributed by atoms with E-state index in [2.05, 4.69) is 4.18 Å². The molecule has 0 saturated heterocycles. The molecule has 0 aliphatic carbocycles. The van der Waals surface area contributed by atoms with Crippen LogP contribution in [-0.4, -0.2) is 20.2 Å². The van der Waals surface area contributed by atoms with Gasteiger partial charge in [-0.2, -0.15) is 26.9 Å². The van der Waals surface area contributed by atoms with Gasteiger partial charge < -0.3 is 0 Å². The lowest BCUT2D eigenvalue weighted by Gasteiger charge is -2.24. The van der Waals surface area contributed by atoms with Crippen LogP contribution in [0.1, 0.15) is 12.5 Å². The highest BCUT2D eigenvalue weighted by Crippen LogP contribution is 2.35. The topological polar surface area (TPSA) is 67.2 Å². The van der Waals surface area contributed by atoms with Gasteiger partial charge in [-0.05, 0) is 26.0 Å². The summed E-state index contributed by atoms with van der Waals surface area (Å²) in [5.74, 6) is 0. The fourth-order valence-corrected chi connectivity index (χ4v) is 2.24. The molecule has 4 nitrogen and oxygen atoms in total. The summed E-state index contributed by atoms with van der Waals surface area (Å²) < 4.78 is 65.2. The minimum Gasteiger partial charge on any atom is -0.235 e. The van der Waals surface area contributed by atoms with Crippen LogP contribution in [0.3, 0.4) is 0 Å². The number of rotatable bonds is 3. The predicted octanol–water partition coefficient (Wildman–Crippen LogP) is 2.54. The van der Waals surface area contributed by atoms with Gasteiger partial charge in [-0.1, -0.05) is 17.7 Å². The molecule has 0 fully saturated rings. The Balaban J connectivity index is 3.17. The van der Waals surface area contributed by atoms with Crippen molar-refractivity contribution < 1.29 is 25.8 Å². The van der Waals surface area contributed by atoms with Gasteiger partial charge in [0, 0.05) is 0 Å². The molecule has 1 aromatic rings. The minimum absolute atomic E-state index is 0.360. The van der Waals surface area contributed by atoms with Gasteiger partial charge in [0.2, 0.25) is 0 Å². The second-order valence-corrected chi connectivity index (χ2v) is 5.54. The summed E-state index contributed by atoms with van der Waals surface area (Å²) in [6.07, 6.45) is -5.13. The molecule has 0 aromatic heterocycles. The smallest absolute Gasteiger partial charge is 0.235 e. The van der Waals surface area contributed by atoms with Crippen LogP contribution in [0.15, 0.2) is 29.2 Å². The highest BCUT2D eigenvalue weighted by molar-refractivity contribution is 7.86. The van der Waals surface area contributed by atoms with Crippen LogP contribution in [0.2, 0.25) is 0 Å². The number of nitrogens with zero attached hydrogens (tertiary/aromatic N) is 1. The Kier molecular flexibility index (Phi) is 3.93. The van der Waals surface area contributed by atoms with Crippen LogP contribution >= 0.6 is 0 Å². The van der Waals surface area contributed by atoms with Crippen molar-refractivity contribution in [2.75, 3.05) is 0 Å². The van der Waals surface area contributed by atoms with E-state index in [1.54, 1.807) is 6.92 Å². The molecule has 0 aliphatic heterocycles. The van der Waals surface area contributed by atoms with Crippen LogP contribution in [0, 0.1) is 18.3 Å². The maximum Gasteiger partial charge on any atom is 0.432 e. The molecule has 19 heavy (non-hydrogen) atoms. The first-order chi connectivity index (χ1) is 8.52. The normalized spacial score (nSPS) is 15.6. The van der Waals surface area contributed by atoms with Gasteiger partial charge in [-0.25, -0.2) is 4.18 Å². The second-order valence-electron chi connectivity index (χ2n) is 3.99. The summed E-state index contributed by atoms with van der Waals surface area (Å²) in [7, 11) is -4.67. The third kappa shape index (κ3) is 3.24. The van der Waals surface area contributed by atoms with Crippen LogP contribution in [0.4, 0.5) is 13.2 Å². The number of benzene rings is 1. The number of hydrogen-bond acceptors (Lipinski definition) is 4. The van der Waals surface area contributed by atoms with E-state index in [0.717, 1.165) is 23.8 Å². The molecule has 0 heterocycles. The number of alkyl halides is 3. The first-order valence-corrected chi connectivity index (χ1v) is 6.43. The van der Waals surface area contributed by atoms with E-state index in [1.165, 1.54) is 12.1 Å². The van der Waals surface area contributed by atoms with Gasteiger partial charge in [0.25, 0.3) is 15.7 Å².